The molecule has 0 bridgehead atoms. The Bertz CT molecular complexity index is 1190. The summed E-state index contributed by atoms with van der Waals surface area (Å²) in [7, 11) is 0. The van der Waals surface area contributed by atoms with E-state index in [0.29, 0.717) is 35.2 Å². The number of ether oxygens (including phenoxy) is 1. The number of carbonyl (C=O) groups excluding carboxylic acids is 2. The summed E-state index contributed by atoms with van der Waals surface area (Å²) in [5, 5.41) is 7.56. The molecule has 1 N–H and O–H groups in total. The molecule has 156 valence electrons. The Morgan fingerprint density at radius 3 is 2.45 bits per heavy atom. The molecule has 4 rings (SSSR count). The van der Waals surface area contributed by atoms with Crippen LogP contribution in [0, 0.1) is 0 Å². The van der Waals surface area contributed by atoms with Crippen molar-refractivity contribution in [2.75, 3.05) is 6.54 Å². The summed E-state index contributed by atoms with van der Waals surface area (Å²) in [6.45, 7) is 2.03. The van der Waals surface area contributed by atoms with E-state index in [4.69, 9.17) is 9.26 Å². The van der Waals surface area contributed by atoms with Crippen LogP contribution in [0.15, 0.2) is 83.4 Å². The van der Waals surface area contributed by atoms with Gasteiger partial charge in [-0.05, 0) is 37.1 Å². The Morgan fingerprint density at radius 1 is 1.00 bits per heavy atom. The maximum Gasteiger partial charge on any atom is 0.338 e. The molecule has 4 aromatic rings. The van der Waals surface area contributed by atoms with Crippen LogP contribution in [0.5, 0.6) is 0 Å². The second-order valence-corrected chi connectivity index (χ2v) is 7.18. The van der Waals surface area contributed by atoms with Gasteiger partial charge < -0.3 is 14.6 Å². The van der Waals surface area contributed by atoms with Crippen molar-refractivity contribution in [2.24, 2.45) is 0 Å². The van der Waals surface area contributed by atoms with Gasteiger partial charge in [0.1, 0.15) is 5.52 Å². The number of hydrogen-bond acceptors (Lipinski definition) is 5. The van der Waals surface area contributed by atoms with Crippen LogP contribution in [0.1, 0.15) is 22.8 Å². The third kappa shape index (κ3) is 4.80. The van der Waals surface area contributed by atoms with Gasteiger partial charge in [0.05, 0.1) is 10.9 Å². The second-order valence-electron chi connectivity index (χ2n) is 7.18. The lowest BCUT2D eigenvalue weighted by molar-refractivity contribution is -0.129. The van der Waals surface area contributed by atoms with Gasteiger partial charge in [-0.2, -0.15) is 0 Å². The zero-order chi connectivity index (χ0) is 21.6. The van der Waals surface area contributed by atoms with Gasteiger partial charge in [-0.1, -0.05) is 65.8 Å². The van der Waals surface area contributed by atoms with Crippen LogP contribution in [-0.2, 0) is 16.0 Å². The summed E-state index contributed by atoms with van der Waals surface area (Å²) >= 11 is 0. The highest BCUT2D eigenvalue weighted by atomic mass is 16.5. The van der Waals surface area contributed by atoms with Gasteiger partial charge in [-0.3, -0.25) is 4.79 Å². The normalized spacial score (nSPS) is 11.8. The molecule has 6 nitrogen and oxygen atoms in total. The Morgan fingerprint density at radius 2 is 1.71 bits per heavy atom. The highest BCUT2D eigenvalue weighted by Gasteiger charge is 2.20. The molecule has 1 aromatic heterocycles. The maximum absolute atomic E-state index is 12.6. The first kappa shape index (κ1) is 20.3. The van der Waals surface area contributed by atoms with Crippen molar-refractivity contribution < 1.29 is 18.8 Å². The number of nitrogens with one attached hydrogen (secondary N) is 1. The first-order valence-electron chi connectivity index (χ1n) is 10.1. The van der Waals surface area contributed by atoms with Crippen LogP contribution in [0.25, 0.3) is 22.2 Å². The number of hydrogen-bond donors (Lipinski definition) is 1. The van der Waals surface area contributed by atoms with Crippen molar-refractivity contribution in [3.8, 4) is 11.3 Å². The van der Waals surface area contributed by atoms with E-state index >= 15 is 0 Å². The minimum absolute atomic E-state index is 0.330. The molecule has 31 heavy (non-hydrogen) atoms. The van der Waals surface area contributed by atoms with Crippen molar-refractivity contribution in [1.82, 2.24) is 10.5 Å². The number of carbonyl (C=O) groups is 2. The van der Waals surface area contributed by atoms with Gasteiger partial charge in [0, 0.05) is 12.1 Å². The Labute approximate surface area is 179 Å². The zero-order valence-corrected chi connectivity index (χ0v) is 17.1. The van der Waals surface area contributed by atoms with Crippen LogP contribution in [0.3, 0.4) is 0 Å². The van der Waals surface area contributed by atoms with Crippen molar-refractivity contribution in [1.29, 1.82) is 0 Å². The molecule has 1 unspecified atom stereocenters. The smallest absolute Gasteiger partial charge is 0.338 e. The van der Waals surface area contributed by atoms with E-state index in [-0.39, 0.29) is 5.91 Å². The number of benzene rings is 3. The van der Waals surface area contributed by atoms with Crippen molar-refractivity contribution in [2.45, 2.75) is 19.4 Å². The molecular formula is C25H22N2O4. The van der Waals surface area contributed by atoms with E-state index in [1.54, 1.807) is 25.1 Å². The summed E-state index contributed by atoms with van der Waals surface area (Å²) in [5.41, 5.74) is 2.96. The molecule has 0 radical (unpaired) electrons. The van der Waals surface area contributed by atoms with Gasteiger partial charge >= 0.3 is 5.97 Å². The lowest BCUT2D eigenvalue weighted by Crippen LogP contribution is -2.36. The molecule has 6 heteroatoms. The SMILES string of the molecule is CC(OC(=O)c1ccc2noc(-c3ccccc3)c2c1)C(=O)NCCc1ccccc1. The van der Waals surface area contributed by atoms with E-state index < -0.39 is 12.1 Å². The molecule has 1 heterocycles. The average molecular weight is 414 g/mol. The highest BCUT2D eigenvalue weighted by Crippen LogP contribution is 2.29. The van der Waals surface area contributed by atoms with Crippen molar-refractivity contribution >= 4 is 22.8 Å². The van der Waals surface area contributed by atoms with Crippen molar-refractivity contribution in [3.05, 3.63) is 90.0 Å². The largest absolute Gasteiger partial charge is 0.449 e. The van der Waals surface area contributed by atoms with Gasteiger partial charge in [-0.15, -0.1) is 0 Å². The first-order chi connectivity index (χ1) is 15.1. The highest BCUT2D eigenvalue weighted by molar-refractivity contribution is 5.99. The standard InChI is InChI=1S/C25H22N2O4/c1-17(24(28)26-15-14-18-8-4-2-5-9-18)30-25(29)20-12-13-22-21(16-20)23(31-27-22)19-10-6-3-7-11-19/h2-13,16-17H,14-15H2,1H3,(H,26,28). The summed E-state index contributed by atoms with van der Waals surface area (Å²) in [6.07, 6.45) is -0.199. The molecule has 1 amide bonds. The minimum Gasteiger partial charge on any atom is -0.449 e. The molecule has 0 aliphatic heterocycles. The quantitative estimate of drug-likeness (QED) is 0.453. The van der Waals surface area contributed by atoms with Crippen LogP contribution >= 0.6 is 0 Å². The van der Waals surface area contributed by atoms with E-state index in [1.807, 2.05) is 60.7 Å². The van der Waals surface area contributed by atoms with Crippen LogP contribution in [0.4, 0.5) is 0 Å². The lowest BCUT2D eigenvalue weighted by atomic mass is 10.1. The molecular weight excluding hydrogens is 392 g/mol. The van der Waals surface area contributed by atoms with E-state index in [2.05, 4.69) is 10.5 Å². The fourth-order valence-corrected chi connectivity index (χ4v) is 3.27. The molecule has 0 saturated heterocycles. The molecule has 3 aromatic carbocycles. The Kier molecular flexibility index (Phi) is 6.08. The maximum atomic E-state index is 12.6. The molecule has 0 aliphatic carbocycles. The predicted molar refractivity (Wildman–Crippen MR) is 117 cm³/mol. The van der Waals surface area contributed by atoms with Gasteiger partial charge in [-0.25, -0.2) is 4.79 Å². The van der Waals surface area contributed by atoms with E-state index in [9.17, 15) is 9.59 Å². The number of nitrogens with zero attached hydrogens (tertiary/aromatic N) is 1. The van der Waals surface area contributed by atoms with Crippen molar-refractivity contribution in [3.63, 3.8) is 0 Å². The van der Waals surface area contributed by atoms with Crippen LogP contribution < -0.4 is 5.32 Å². The fraction of sp³-hybridized carbons (Fsp3) is 0.160. The van der Waals surface area contributed by atoms with Crippen LogP contribution in [0.2, 0.25) is 0 Å². The van der Waals surface area contributed by atoms with Gasteiger partial charge in [0.25, 0.3) is 5.91 Å². The summed E-state index contributed by atoms with van der Waals surface area (Å²) in [4.78, 5) is 24.9. The second kappa shape index (κ2) is 9.26. The average Bonchev–Trinajstić information content (AvgIpc) is 3.23. The molecule has 1 atom stereocenters. The Hall–Kier alpha value is -3.93. The summed E-state index contributed by atoms with van der Waals surface area (Å²) in [6, 6.07) is 24.4. The van der Waals surface area contributed by atoms with E-state index in [0.717, 1.165) is 11.1 Å². The third-order valence-electron chi connectivity index (χ3n) is 4.96. The number of fused-ring (bicyclic) bond motifs is 1. The molecule has 0 spiro atoms. The predicted octanol–water partition coefficient (Wildman–Crippen LogP) is 4.40. The summed E-state index contributed by atoms with van der Waals surface area (Å²) in [5.74, 6) is -0.329. The number of aromatic nitrogens is 1. The topological polar surface area (TPSA) is 81.4 Å². The Balaban J connectivity index is 1.40. The number of esters is 1. The molecule has 0 fully saturated rings. The zero-order valence-electron chi connectivity index (χ0n) is 17.1. The van der Waals surface area contributed by atoms with Crippen LogP contribution in [-0.4, -0.2) is 29.7 Å². The van der Waals surface area contributed by atoms with E-state index in [1.165, 1.54) is 0 Å². The van der Waals surface area contributed by atoms with Gasteiger partial charge in [0.15, 0.2) is 11.9 Å². The fourth-order valence-electron chi connectivity index (χ4n) is 3.27. The monoisotopic (exact) mass is 414 g/mol. The molecule has 0 saturated carbocycles. The first-order valence-corrected chi connectivity index (χ1v) is 10.1. The van der Waals surface area contributed by atoms with Gasteiger partial charge in [0.2, 0.25) is 0 Å². The summed E-state index contributed by atoms with van der Waals surface area (Å²) < 4.78 is 10.8. The molecule has 0 aliphatic rings. The lowest BCUT2D eigenvalue weighted by Gasteiger charge is -2.13. The number of rotatable bonds is 7. The third-order valence-corrected chi connectivity index (χ3v) is 4.96. The number of amides is 1. The minimum atomic E-state index is -0.907.